The Bertz CT molecular complexity index is 695. The van der Waals surface area contributed by atoms with E-state index in [0.29, 0.717) is 31.4 Å². The molecule has 1 aliphatic rings. The number of carbonyl (C=O) groups is 1. The molecule has 3 rings (SSSR count). The number of methoxy groups -OCH3 is 1. The number of hydrogen-bond donors (Lipinski definition) is 1. The molecule has 138 valence electrons. The minimum Gasteiger partial charge on any atom is -0.497 e. The number of rotatable bonds is 8. The van der Waals surface area contributed by atoms with Crippen molar-refractivity contribution in [3.8, 4) is 22.9 Å². The summed E-state index contributed by atoms with van der Waals surface area (Å²) in [6.45, 7) is 0.862. The van der Waals surface area contributed by atoms with Gasteiger partial charge in [0.15, 0.2) is 0 Å². The topological polar surface area (TPSA) is 73.3 Å². The Labute approximate surface area is 153 Å². The van der Waals surface area contributed by atoms with Crippen LogP contribution in [0.15, 0.2) is 36.4 Å². The first-order valence-corrected chi connectivity index (χ1v) is 9.12. The summed E-state index contributed by atoms with van der Waals surface area (Å²) in [5.41, 5.74) is 1.73. The largest absolute Gasteiger partial charge is 0.497 e. The molecule has 0 radical (unpaired) electrons. The van der Waals surface area contributed by atoms with E-state index in [-0.39, 0.29) is 5.91 Å². The van der Waals surface area contributed by atoms with Gasteiger partial charge in [-0.3, -0.25) is 4.79 Å². The van der Waals surface area contributed by atoms with Gasteiger partial charge >= 0.3 is 0 Å². The predicted molar refractivity (Wildman–Crippen MR) is 99.1 cm³/mol. The number of hydrogen-bond acceptors (Lipinski definition) is 5. The first-order valence-electron chi connectivity index (χ1n) is 9.12. The van der Waals surface area contributed by atoms with Crippen molar-refractivity contribution in [1.29, 1.82) is 0 Å². The molecule has 1 amide bonds. The predicted octanol–water partition coefficient (Wildman–Crippen LogP) is 3.23. The van der Waals surface area contributed by atoms with Crippen LogP contribution in [0.5, 0.6) is 11.6 Å². The van der Waals surface area contributed by atoms with Crippen LogP contribution in [0.2, 0.25) is 0 Å². The fourth-order valence-electron chi connectivity index (χ4n) is 3.21. The van der Waals surface area contributed by atoms with Gasteiger partial charge in [0, 0.05) is 18.1 Å². The smallest absolute Gasteiger partial charge is 0.233 e. The molecule has 1 saturated carbocycles. The summed E-state index contributed by atoms with van der Waals surface area (Å²) in [6.07, 6.45) is 5.51. The Morgan fingerprint density at radius 1 is 1.12 bits per heavy atom. The lowest BCUT2D eigenvalue weighted by Gasteiger charge is -2.10. The van der Waals surface area contributed by atoms with E-state index in [1.165, 1.54) is 25.7 Å². The molecule has 0 bridgehead atoms. The summed E-state index contributed by atoms with van der Waals surface area (Å²) in [6, 6.07) is 11.3. The first-order chi connectivity index (χ1) is 12.7. The second-order valence-corrected chi connectivity index (χ2v) is 6.54. The van der Waals surface area contributed by atoms with Gasteiger partial charge in [-0.05, 0) is 49.1 Å². The number of nitrogens with one attached hydrogen (secondary N) is 1. The van der Waals surface area contributed by atoms with Gasteiger partial charge in [-0.15, -0.1) is 10.2 Å². The Balaban J connectivity index is 1.40. The Morgan fingerprint density at radius 2 is 1.88 bits per heavy atom. The van der Waals surface area contributed by atoms with Crippen LogP contribution >= 0.6 is 0 Å². The van der Waals surface area contributed by atoms with Gasteiger partial charge in [0.25, 0.3) is 0 Å². The van der Waals surface area contributed by atoms with E-state index in [4.69, 9.17) is 9.47 Å². The van der Waals surface area contributed by atoms with Gasteiger partial charge in [0.1, 0.15) is 12.4 Å². The molecule has 1 aromatic heterocycles. The molecule has 0 aliphatic heterocycles. The minimum absolute atomic E-state index is 0.112. The highest BCUT2D eigenvalue weighted by Crippen LogP contribution is 2.27. The standard InChI is InChI=1S/C20H25N3O3/c1-25-17-8-6-16(7-9-17)18-10-11-20(23-22-18)26-13-12-21-19(24)14-15-4-2-3-5-15/h6-11,15H,2-5,12-14H2,1H3,(H,21,24). The second-order valence-electron chi connectivity index (χ2n) is 6.54. The van der Waals surface area contributed by atoms with E-state index in [1.807, 2.05) is 30.3 Å². The molecule has 1 aromatic carbocycles. The molecule has 2 aromatic rings. The van der Waals surface area contributed by atoms with Crippen LogP contribution in [0, 0.1) is 5.92 Å². The number of benzene rings is 1. The summed E-state index contributed by atoms with van der Waals surface area (Å²) >= 11 is 0. The van der Waals surface area contributed by atoms with E-state index in [2.05, 4.69) is 15.5 Å². The Kier molecular flexibility index (Phi) is 6.41. The van der Waals surface area contributed by atoms with Crippen LogP contribution in [0.25, 0.3) is 11.3 Å². The van der Waals surface area contributed by atoms with E-state index >= 15 is 0 Å². The van der Waals surface area contributed by atoms with Crippen molar-refractivity contribution in [3.05, 3.63) is 36.4 Å². The third kappa shape index (κ3) is 5.18. The number of nitrogens with zero attached hydrogens (tertiary/aromatic N) is 2. The third-order valence-corrected chi connectivity index (χ3v) is 4.65. The molecule has 6 heteroatoms. The highest BCUT2D eigenvalue weighted by molar-refractivity contribution is 5.76. The molecule has 26 heavy (non-hydrogen) atoms. The lowest BCUT2D eigenvalue weighted by Crippen LogP contribution is -2.29. The highest BCUT2D eigenvalue weighted by atomic mass is 16.5. The minimum atomic E-state index is 0.112. The van der Waals surface area contributed by atoms with Gasteiger partial charge in [-0.1, -0.05) is 12.8 Å². The molecule has 6 nitrogen and oxygen atoms in total. The first kappa shape index (κ1) is 18.2. The molecular formula is C20H25N3O3. The Hall–Kier alpha value is -2.63. The van der Waals surface area contributed by atoms with Gasteiger partial charge < -0.3 is 14.8 Å². The third-order valence-electron chi connectivity index (χ3n) is 4.65. The molecule has 1 heterocycles. The van der Waals surface area contributed by atoms with Gasteiger partial charge in [0.2, 0.25) is 11.8 Å². The number of ether oxygens (including phenoxy) is 2. The quantitative estimate of drug-likeness (QED) is 0.736. The van der Waals surface area contributed by atoms with Crippen molar-refractivity contribution < 1.29 is 14.3 Å². The van der Waals surface area contributed by atoms with Crippen molar-refractivity contribution in [2.75, 3.05) is 20.3 Å². The monoisotopic (exact) mass is 355 g/mol. The normalized spacial score (nSPS) is 14.2. The fourth-order valence-corrected chi connectivity index (χ4v) is 3.21. The highest BCUT2D eigenvalue weighted by Gasteiger charge is 2.17. The van der Waals surface area contributed by atoms with Crippen molar-refractivity contribution in [2.45, 2.75) is 32.1 Å². The van der Waals surface area contributed by atoms with E-state index in [9.17, 15) is 4.79 Å². The van der Waals surface area contributed by atoms with Gasteiger partial charge in [-0.2, -0.15) is 0 Å². The number of carbonyl (C=O) groups excluding carboxylic acids is 1. The van der Waals surface area contributed by atoms with Crippen LogP contribution in [-0.4, -0.2) is 36.4 Å². The van der Waals surface area contributed by atoms with Crippen LogP contribution in [0.1, 0.15) is 32.1 Å². The lowest BCUT2D eigenvalue weighted by atomic mass is 10.0. The van der Waals surface area contributed by atoms with Crippen LogP contribution in [0.3, 0.4) is 0 Å². The van der Waals surface area contributed by atoms with Crippen molar-refractivity contribution in [2.24, 2.45) is 5.92 Å². The maximum atomic E-state index is 11.9. The van der Waals surface area contributed by atoms with Crippen LogP contribution < -0.4 is 14.8 Å². The molecule has 0 spiro atoms. The SMILES string of the molecule is COc1ccc(-c2ccc(OCCNC(=O)CC3CCCC3)nn2)cc1. The fraction of sp³-hybridized carbons (Fsp3) is 0.450. The molecule has 0 atom stereocenters. The van der Waals surface area contributed by atoms with Crippen LogP contribution in [-0.2, 0) is 4.79 Å². The molecule has 1 N–H and O–H groups in total. The molecule has 1 fully saturated rings. The van der Waals surface area contributed by atoms with E-state index in [0.717, 1.165) is 17.0 Å². The van der Waals surface area contributed by atoms with Crippen molar-refractivity contribution in [3.63, 3.8) is 0 Å². The number of amides is 1. The lowest BCUT2D eigenvalue weighted by molar-refractivity contribution is -0.122. The van der Waals surface area contributed by atoms with Crippen molar-refractivity contribution in [1.82, 2.24) is 15.5 Å². The molecule has 0 unspecified atom stereocenters. The van der Waals surface area contributed by atoms with Crippen molar-refractivity contribution >= 4 is 5.91 Å². The van der Waals surface area contributed by atoms with Gasteiger partial charge in [-0.25, -0.2) is 0 Å². The Morgan fingerprint density at radius 3 is 2.54 bits per heavy atom. The zero-order valence-electron chi connectivity index (χ0n) is 15.1. The second kappa shape index (κ2) is 9.17. The van der Waals surface area contributed by atoms with E-state index < -0.39 is 0 Å². The average molecular weight is 355 g/mol. The summed E-state index contributed by atoms with van der Waals surface area (Å²) in [7, 11) is 1.64. The maximum absolute atomic E-state index is 11.9. The molecular weight excluding hydrogens is 330 g/mol. The summed E-state index contributed by atoms with van der Waals surface area (Å²) in [4.78, 5) is 11.9. The zero-order valence-corrected chi connectivity index (χ0v) is 15.1. The summed E-state index contributed by atoms with van der Waals surface area (Å²) < 4.78 is 10.7. The summed E-state index contributed by atoms with van der Waals surface area (Å²) in [5, 5.41) is 11.2. The van der Waals surface area contributed by atoms with E-state index in [1.54, 1.807) is 13.2 Å². The zero-order chi connectivity index (χ0) is 18.2. The van der Waals surface area contributed by atoms with Crippen LogP contribution in [0.4, 0.5) is 0 Å². The average Bonchev–Trinajstić information content (AvgIpc) is 3.19. The number of aromatic nitrogens is 2. The maximum Gasteiger partial charge on any atom is 0.233 e. The summed E-state index contributed by atoms with van der Waals surface area (Å²) in [5.74, 6) is 1.93. The molecule has 0 saturated heterocycles. The molecule has 1 aliphatic carbocycles. The van der Waals surface area contributed by atoms with Gasteiger partial charge in [0.05, 0.1) is 19.3 Å².